The number of furan rings is 1. The summed E-state index contributed by atoms with van der Waals surface area (Å²) >= 11 is 0. The molecule has 96 valence electrons. The van der Waals surface area contributed by atoms with Crippen molar-refractivity contribution in [2.75, 3.05) is 20.1 Å². The Morgan fingerprint density at radius 3 is 2.88 bits per heavy atom. The largest absolute Gasteiger partial charge is 0.465 e. The molecular formula is C14H24N2O. The molecule has 0 aliphatic heterocycles. The number of nitrogens with zero attached hydrogens (tertiary/aromatic N) is 1. The smallest absolute Gasteiger partial charge is 0.118 e. The third-order valence-electron chi connectivity index (χ3n) is 2.75. The second-order valence-corrected chi connectivity index (χ2v) is 4.35. The van der Waals surface area contributed by atoms with Crippen molar-refractivity contribution < 1.29 is 4.42 Å². The Morgan fingerprint density at radius 2 is 2.29 bits per heavy atom. The van der Waals surface area contributed by atoms with Crippen molar-refractivity contribution in [3.63, 3.8) is 0 Å². The Morgan fingerprint density at radius 1 is 1.53 bits per heavy atom. The molecule has 0 aliphatic carbocycles. The summed E-state index contributed by atoms with van der Waals surface area (Å²) in [6.45, 7) is 11.7. The molecule has 0 bridgehead atoms. The van der Waals surface area contributed by atoms with Crippen LogP contribution in [0.25, 0.3) is 0 Å². The predicted molar refractivity (Wildman–Crippen MR) is 72.0 cm³/mol. The summed E-state index contributed by atoms with van der Waals surface area (Å²) in [6.07, 6.45) is 3.09. The molecule has 0 atom stereocenters. The Labute approximate surface area is 104 Å². The molecule has 0 saturated carbocycles. The topological polar surface area (TPSA) is 28.4 Å². The van der Waals surface area contributed by atoms with Crippen LogP contribution in [0.1, 0.15) is 30.4 Å². The van der Waals surface area contributed by atoms with Crippen molar-refractivity contribution in [2.24, 2.45) is 0 Å². The average molecular weight is 236 g/mol. The van der Waals surface area contributed by atoms with Crippen LogP contribution in [-0.4, -0.2) is 25.0 Å². The molecule has 0 unspecified atom stereocenters. The number of aryl methyl sites for hydroxylation is 1. The zero-order valence-electron chi connectivity index (χ0n) is 11.3. The maximum absolute atomic E-state index is 5.77. The molecule has 3 nitrogen and oxygen atoms in total. The van der Waals surface area contributed by atoms with Crippen LogP contribution < -0.4 is 5.32 Å². The summed E-state index contributed by atoms with van der Waals surface area (Å²) in [4.78, 5) is 2.34. The zero-order chi connectivity index (χ0) is 12.7. The normalized spacial score (nSPS) is 11.1. The van der Waals surface area contributed by atoms with Crippen LogP contribution in [0.5, 0.6) is 0 Å². The minimum absolute atomic E-state index is 0.865. The van der Waals surface area contributed by atoms with Crippen LogP contribution in [-0.2, 0) is 13.1 Å². The lowest BCUT2D eigenvalue weighted by Crippen LogP contribution is -2.23. The highest BCUT2D eigenvalue weighted by molar-refractivity contribution is 5.20. The molecule has 0 radical (unpaired) electrons. The number of rotatable bonds is 8. The second kappa shape index (κ2) is 7.30. The molecule has 0 spiro atoms. The second-order valence-electron chi connectivity index (χ2n) is 4.35. The van der Waals surface area contributed by atoms with E-state index in [1.807, 2.05) is 20.0 Å². The molecule has 0 aliphatic rings. The van der Waals surface area contributed by atoms with Gasteiger partial charge < -0.3 is 9.73 Å². The van der Waals surface area contributed by atoms with Gasteiger partial charge >= 0.3 is 0 Å². The van der Waals surface area contributed by atoms with Crippen molar-refractivity contribution >= 4 is 0 Å². The van der Waals surface area contributed by atoms with Crippen LogP contribution in [0.15, 0.2) is 23.1 Å². The first kappa shape index (κ1) is 14.0. The molecule has 3 heteroatoms. The molecule has 1 N–H and O–H groups in total. The van der Waals surface area contributed by atoms with Gasteiger partial charge in [-0.25, -0.2) is 0 Å². The molecule has 1 rings (SSSR count). The average Bonchev–Trinajstić information content (AvgIpc) is 2.61. The van der Waals surface area contributed by atoms with E-state index < -0.39 is 0 Å². The van der Waals surface area contributed by atoms with E-state index in [9.17, 15) is 0 Å². The highest BCUT2D eigenvalue weighted by Crippen LogP contribution is 2.16. The standard InChI is InChI=1S/C14H24N2O/c1-5-7-16(8-6-2)11-14-9-13(10-15-4)12(3)17-14/h5,9,15H,1,6-8,10-11H2,2-4H3. The first-order chi connectivity index (χ1) is 8.21. The van der Waals surface area contributed by atoms with Gasteiger partial charge in [0, 0.05) is 18.7 Å². The van der Waals surface area contributed by atoms with Gasteiger partial charge in [0.1, 0.15) is 11.5 Å². The molecule has 0 saturated heterocycles. The van der Waals surface area contributed by atoms with Gasteiger partial charge in [0.15, 0.2) is 0 Å². The third-order valence-corrected chi connectivity index (χ3v) is 2.75. The molecular weight excluding hydrogens is 212 g/mol. The Hall–Kier alpha value is -1.06. The summed E-state index contributed by atoms with van der Waals surface area (Å²) in [5, 5.41) is 3.15. The quantitative estimate of drug-likeness (QED) is 0.703. The first-order valence-electron chi connectivity index (χ1n) is 6.27. The van der Waals surface area contributed by atoms with E-state index in [-0.39, 0.29) is 0 Å². The molecule has 1 aromatic rings. The summed E-state index contributed by atoms with van der Waals surface area (Å²) in [5.74, 6) is 2.06. The van der Waals surface area contributed by atoms with Gasteiger partial charge in [0.25, 0.3) is 0 Å². The zero-order valence-corrected chi connectivity index (χ0v) is 11.3. The lowest BCUT2D eigenvalue weighted by molar-refractivity contribution is 0.266. The number of hydrogen-bond acceptors (Lipinski definition) is 3. The van der Waals surface area contributed by atoms with Crippen LogP contribution in [0.2, 0.25) is 0 Å². The highest BCUT2D eigenvalue weighted by atomic mass is 16.3. The molecule has 0 fully saturated rings. The Balaban J connectivity index is 2.64. The lowest BCUT2D eigenvalue weighted by Gasteiger charge is -2.17. The van der Waals surface area contributed by atoms with E-state index in [4.69, 9.17) is 4.42 Å². The van der Waals surface area contributed by atoms with Gasteiger partial charge in [-0.2, -0.15) is 0 Å². The SMILES string of the molecule is C=CCN(CCC)Cc1cc(CNC)c(C)o1. The lowest BCUT2D eigenvalue weighted by atomic mass is 10.2. The first-order valence-corrected chi connectivity index (χ1v) is 6.27. The van der Waals surface area contributed by atoms with E-state index in [1.54, 1.807) is 0 Å². The fraction of sp³-hybridized carbons (Fsp3) is 0.571. The minimum Gasteiger partial charge on any atom is -0.465 e. The highest BCUT2D eigenvalue weighted by Gasteiger charge is 2.10. The van der Waals surface area contributed by atoms with E-state index in [1.165, 1.54) is 5.56 Å². The van der Waals surface area contributed by atoms with E-state index in [0.29, 0.717) is 0 Å². The van der Waals surface area contributed by atoms with Gasteiger partial charge in [-0.3, -0.25) is 4.90 Å². The Kier molecular flexibility index (Phi) is 6.01. The monoisotopic (exact) mass is 236 g/mol. The van der Waals surface area contributed by atoms with Crippen molar-refractivity contribution in [1.82, 2.24) is 10.2 Å². The van der Waals surface area contributed by atoms with E-state index in [2.05, 4.69) is 29.8 Å². The number of hydrogen-bond donors (Lipinski definition) is 1. The van der Waals surface area contributed by atoms with Crippen molar-refractivity contribution in [2.45, 2.75) is 33.4 Å². The molecule has 1 aromatic heterocycles. The number of nitrogens with one attached hydrogen (secondary N) is 1. The molecule has 1 heterocycles. The van der Waals surface area contributed by atoms with Crippen molar-refractivity contribution in [3.8, 4) is 0 Å². The third kappa shape index (κ3) is 4.36. The maximum atomic E-state index is 5.77. The van der Waals surface area contributed by atoms with Crippen LogP contribution in [0.3, 0.4) is 0 Å². The molecule has 0 amide bonds. The predicted octanol–water partition coefficient (Wildman–Crippen LogP) is 2.71. The van der Waals surface area contributed by atoms with E-state index >= 15 is 0 Å². The van der Waals surface area contributed by atoms with E-state index in [0.717, 1.165) is 44.1 Å². The summed E-state index contributed by atoms with van der Waals surface area (Å²) in [5.41, 5.74) is 1.25. The fourth-order valence-electron chi connectivity index (χ4n) is 1.99. The molecule has 0 aromatic carbocycles. The van der Waals surface area contributed by atoms with Crippen LogP contribution >= 0.6 is 0 Å². The summed E-state index contributed by atoms with van der Waals surface area (Å²) in [7, 11) is 1.95. The van der Waals surface area contributed by atoms with Gasteiger partial charge in [0.2, 0.25) is 0 Å². The van der Waals surface area contributed by atoms with Gasteiger partial charge in [-0.05, 0) is 33.0 Å². The van der Waals surface area contributed by atoms with Gasteiger partial charge in [-0.1, -0.05) is 13.0 Å². The summed E-state index contributed by atoms with van der Waals surface area (Å²) in [6, 6.07) is 2.15. The summed E-state index contributed by atoms with van der Waals surface area (Å²) < 4.78 is 5.77. The van der Waals surface area contributed by atoms with Crippen molar-refractivity contribution in [1.29, 1.82) is 0 Å². The fourth-order valence-corrected chi connectivity index (χ4v) is 1.99. The van der Waals surface area contributed by atoms with Gasteiger partial charge in [-0.15, -0.1) is 6.58 Å². The van der Waals surface area contributed by atoms with Crippen LogP contribution in [0, 0.1) is 6.92 Å². The van der Waals surface area contributed by atoms with Gasteiger partial charge in [0.05, 0.1) is 6.54 Å². The minimum atomic E-state index is 0.865. The van der Waals surface area contributed by atoms with Crippen molar-refractivity contribution in [3.05, 3.63) is 35.8 Å². The van der Waals surface area contributed by atoms with Crippen LogP contribution in [0.4, 0.5) is 0 Å². The molecule has 17 heavy (non-hydrogen) atoms. The Bertz CT molecular complexity index is 344. The maximum Gasteiger partial charge on any atom is 0.118 e.